The molecule has 14 nitrogen and oxygen atoms in total. The number of amides is 2. The van der Waals surface area contributed by atoms with Crippen molar-refractivity contribution in [2.45, 2.75) is 64.8 Å². The van der Waals surface area contributed by atoms with Crippen LogP contribution in [0.2, 0.25) is 0 Å². The first-order valence-electron chi connectivity index (χ1n) is 14.4. The fourth-order valence-corrected chi connectivity index (χ4v) is 4.11. The molecule has 0 saturated heterocycles. The fraction of sp³-hybridized carbons (Fsp3) is 0.419. The summed E-state index contributed by atoms with van der Waals surface area (Å²) in [6, 6.07) is 12.0. The number of esters is 2. The number of carbonyl (C=O) groups is 5. The lowest BCUT2D eigenvalue weighted by molar-refractivity contribution is -0.158. The number of tetrazole rings is 1. The molecule has 0 aliphatic rings. The number of nitrogens with zero attached hydrogens (tertiary/aromatic N) is 4. The molecular weight excluding hydrogens is 582 g/mol. The van der Waals surface area contributed by atoms with Gasteiger partial charge in [-0.15, -0.1) is 15.0 Å². The number of nitrogens with one attached hydrogen (secondary N) is 2. The van der Waals surface area contributed by atoms with Crippen LogP contribution in [0.15, 0.2) is 54.6 Å². The number of ketones is 1. The van der Waals surface area contributed by atoms with Crippen LogP contribution in [-0.2, 0) is 35.3 Å². The molecule has 2 amide bonds. The number of benzene rings is 2. The number of ether oxygens (including phenoxy) is 2. The van der Waals surface area contributed by atoms with Crippen molar-refractivity contribution in [1.82, 2.24) is 30.8 Å². The zero-order valence-corrected chi connectivity index (χ0v) is 26.0. The summed E-state index contributed by atoms with van der Waals surface area (Å²) >= 11 is 0. The highest BCUT2D eigenvalue weighted by molar-refractivity contribution is 6.04. The van der Waals surface area contributed by atoms with E-state index in [0.29, 0.717) is 16.7 Å². The third kappa shape index (κ3) is 10.6. The molecule has 0 bridgehead atoms. The molecule has 4 N–H and O–H groups in total. The van der Waals surface area contributed by atoms with Gasteiger partial charge in [0.1, 0.15) is 12.2 Å². The molecule has 1 aromatic heterocycles. The zero-order valence-electron chi connectivity index (χ0n) is 26.0. The van der Waals surface area contributed by atoms with Crippen LogP contribution in [0, 0.1) is 5.92 Å². The standard InChI is InChI=1S/C31H39N7O7/c1-19(14-24(39)33-5)17-34-29(42)22-13-9-12-21(15-22)28-35-37-38(36-28)26(30(43)44-18-20-10-7-6-8-11-20)27(41)23(32)16-25(40)45-31(2,3)4/h6-13,15,19,23,26H,14,16-18,32H2,1-5H3,(H,33,39)(H,34,42). The number of hydrogen-bond acceptors (Lipinski definition) is 11. The van der Waals surface area contributed by atoms with E-state index in [-0.39, 0.29) is 43.1 Å². The van der Waals surface area contributed by atoms with Gasteiger partial charge < -0.3 is 25.8 Å². The minimum Gasteiger partial charge on any atom is -0.460 e. The fourth-order valence-electron chi connectivity index (χ4n) is 4.11. The number of rotatable bonds is 14. The zero-order chi connectivity index (χ0) is 33.1. The van der Waals surface area contributed by atoms with E-state index in [1.165, 1.54) is 6.07 Å². The lowest BCUT2D eigenvalue weighted by atomic mass is 10.0. The highest BCUT2D eigenvalue weighted by atomic mass is 16.6. The van der Waals surface area contributed by atoms with Crippen molar-refractivity contribution in [3.8, 4) is 11.4 Å². The Kier molecular flexibility index (Phi) is 12.0. The van der Waals surface area contributed by atoms with Gasteiger partial charge in [0, 0.05) is 31.1 Å². The molecule has 14 heteroatoms. The van der Waals surface area contributed by atoms with Gasteiger partial charge in [0.05, 0.1) is 12.5 Å². The van der Waals surface area contributed by atoms with Gasteiger partial charge in [-0.3, -0.25) is 19.2 Å². The van der Waals surface area contributed by atoms with Gasteiger partial charge in [-0.25, -0.2) is 4.79 Å². The number of Topliss-reactive ketones (excluding diaryl/α,β-unsaturated/α-hetero) is 1. The smallest absolute Gasteiger partial charge is 0.341 e. The number of carbonyl (C=O) groups excluding carboxylic acids is 5. The molecule has 3 unspecified atom stereocenters. The quantitative estimate of drug-likeness (QED) is 0.175. The Hall–Kier alpha value is -4.98. The third-order valence-corrected chi connectivity index (χ3v) is 6.35. The third-order valence-electron chi connectivity index (χ3n) is 6.35. The van der Waals surface area contributed by atoms with Gasteiger partial charge in [0.15, 0.2) is 5.78 Å². The molecule has 0 spiro atoms. The molecule has 0 radical (unpaired) electrons. The van der Waals surface area contributed by atoms with E-state index in [2.05, 4.69) is 26.0 Å². The molecule has 0 fully saturated rings. The van der Waals surface area contributed by atoms with Crippen LogP contribution in [0.25, 0.3) is 11.4 Å². The van der Waals surface area contributed by atoms with E-state index in [9.17, 15) is 24.0 Å². The molecule has 1 heterocycles. The van der Waals surface area contributed by atoms with E-state index < -0.39 is 41.8 Å². The Bertz CT molecular complexity index is 1500. The van der Waals surface area contributed by atoms with E-state index >= 15 is 0 Å². The summed E-state index contributed by atoms with van der Waals surface area (Å²) in [7, 11) is 1.55. The van der Waals surface area contributed by atoms with Crippen LogP contribution in [0.1, 0.15) is 62.5 Å². The summed E-state index contributed by atoms with van der Waals surface area (Å²) in [5.74, 6) is -3.15. The van der Waals surface area contributed by atoms with Crippen molar-refractivity contribution < 1.29 is 33.4 Å². The van der Waals surface area contributed by atoms with E-state index in [0.717, 1.165) is 4.80 Å². The van der Waals surface area contributed by atoms with Gasteiger partial charge in [-0.05, 0) is 49.6 Å². The van der Waals surface area contributed by atoms with E-state index in [1.807, 2.05) is 6.92 Å². The second-order valence-electron chi connectivity index (χ2n) is 11.5. The summed E-state index contributed by atoms with van der Waals surface area (Å²) in [6.45, 7) is 7.02. The number of aromatic nitrogens is 4. The monoisotopic (exact) mass is 621 g/mol. The average molecular weight is 622 g/mol. The van der Waals surface area contributed by atoms with Crippen molar-refractivity contribution in [3.05, 3.63) is 65.7 Å². The van der Waals surface area contributed by atoms with Gasteiger partial charge >= 0.3 is 11.9 Å². The molecular formula is C31H39N7O7. The van der Waals surface area contributed by atoms with Crippen LogP contribution < -0.4 is 16.4 Å². The summed E-state index contributed by atoms with van der Waals surface area (Å²) in [4.78, 5) is 64.2. The van der Waals surface area contributed by atoms with Crippen molar-refractivity contribution in [2.75, 3.05) is 13.6 Å². The summed E-state index contributed by atoms with van der Waals surface area (Å²) in [6.07, 6.45) is -0.224. The first kappa shape index (κ1) is 34.5. The largest absolute Gasteiger partial charge is 0.460 e. The molecule has 240 valence electrons. The molecule has 0 aliphatic heterocycles. The maximum Gasteiger partial charge on any atom is 0.341 e. The second-order valence-corrected chi connectivity index (χ2v) is 11.5. The Balaban J connectivity index is 1.81. The van der Waals surface area contributed by atoms with Gasteiger partial charge in [0.2, 0.25) is 17.8 Å². The second kappa shape index (κ2) is 15.7. The van der Waals surface area contributed by atoms with Crippen molar-refractivity contribution in [2.24, 2.45) is 11.7 Å². The molecule has 2 aromatic carbocycles. The summed E-state index contributed by atoms with van der Waals surface area (Å²) in [5, 5.41) is 17.5. The molecule has 0 saturated carbocycles. The highest BCUT2D eigenvalue weighted by Gasteiger charge is 2.37. The first-order chi connectivity index (χ1) is 21.3. The lowest BCUT2D eigenvalue weighted by Crippen LogP contribution is -2.43. The topological polar surface area (TPSA) is 197 Å². The Labute approximate surface area is 261 Å². The number of hydrogen-bond donors (Lipinski definition) is 3. The van der Waals surface area contributed by atoms with Gasteiger partial charge in [0.25, 0.3) is 5.91 Å². The minimum absolute atomic E-state index is 0.0204. The normalized spacial score (nSPS) is 13.2. The average Bonchev–Trinajstić information content (AvgIpc) is 3.48. The van der Waals surface area contributed by atoms with Crippen LogP contribution in [-0.4, -0.2) is 75.0 Å². The minimum atomic E-state index is -1.75. The van der Waals surface area contributed by atoms with Crippen molar-refractivity contribution in [1.29, 1.82) is 0 Å². The first-order valence-corrected chi connectivity index (χ1v) is 14.4. The maximum absolute atomic E-state index is 13.5. The van der Waals surface area contributed by atoms with Crippen LogP contribution in [0.3, 0.4) is 0 Å². The Morgan fingerprint density at radius 2 is 1.71 bits per heavy atom. The van der Waals surface area contributed by atoms with Crippen molar-refractivity contribution in [3.63, 3.8) is 0 Å². The molecule has 0 aliphatic carbocycles. The van der Waals surface area contributed by atoms with Gasteiger partial charge in [-0.2, -0.15) is 0 Å². The molecule has 3 atom stereocenters. The van der Waals surface area contributed by atoms with Crippen LogP contribution >= 0.6 is 0 Å². The maximum atomic E-state index is 13.5. The Morgan fingerprint density at radius 1 is 1.00 bits per heavy atom. The number of nitrogens with two attached hydrogens (primary N) is 1. The highest BCUT2D eigenvalue weighted by Crippen LogP contribution is 2.20. The predicted octanol–water partition coefficient (Wildman–Crippen LogP) is 1.75. The molecule has 3 aromatic rings. The Morgan fingerprint density at radius 3 is 2.38 bits per heavy atom. The molecule has 3 rings (SSSR count). The lowest BCUT2D eigenvalue weighted by Gasteiger charge is -2.21. The predicted molar refractivity (Wildman–Crippen MR) is 162 cm³/mol. The molecule has 45 heavy (non-hydrogen) atoms. The van der Waals surface area contributed by atoms with E-state index in [1.54, 1.807) is 76.3 Å². The SMILES string of the molecule is CNC(=O)CC(C)CNC(=O)c1cccc(-c2nnn(C(C(=O)OCc3ccccc3)C(=O)C(N)CC(=O)OC(C)(C)C)n2)c1. The van der Waals surface area contributed by atoms with Gasteiger partial charge in [-0.1, -0.05) is 49.4 Å². The van der Waals surface area contributed by atoms with Crippen LogP contribution in [0.4, 0.5) is 0 Å². The van der Waals surface area contributed by atoms with Crippen molar-refractivity contribution >= 4 is 29.5 Å². The summed E-state index contributed by atoms with van der Waals surface area (Å²) in [5.41, 5.74) is 6.62. The summed E-state index contributed by atoms with van der Waals surface area (Å²) < 4.78 is 10.7. The van der Waals surface area contributed by atoms with E-state index in [4.69, 9.17) is 15.2 Å². The van der Waals surface area contributed by atoms with Crippen LogP contribution in [0.5, 0.6) is 0 Å².